The minimum absolute atomic E-state index is 0.0376. The minimum atomic E-state index is -0.277. The number of benzene rings is 2. The van der Waals surface area contributed by atoms with Crippen LogP contribution in [0.5, 0.6) is 5.75 Å². The number of aromatic nitrogens is 2. The third kappa shape index (κ3) is 4.09. The Hall–Kier alpha value is -3.02. The van der Waals surface area contributed by atoms with E-state index in [2.05, 4.69) is 15.3 Å². The maximum absolute atomic E-state index is 12.4. The van der Waals surface area contributed by atoms with Gasteiger partial charge in [0.05, 0.1) is 18.1 Å². The summed E-state index contributed by atoms with van der Waals surface area (Å²) in [4.78, 5) is 29.0. The van der Waals surface area contributed by atoms with E-state index in [9.17, 15) is 9.59 Å². The van der Waals surface area contributed by atoms with E-state index in [0.29, 0.717) is 16.6 Å². The van der Waals surface area contributed by atoms with Gasteiger partial charge in [-0.25, -0.2) is 4.79 Å². The number of H-pyrrole nitrogens is 2. The van der Waals surface area contributed by atoms with Crippen LogP contribution in [-0.2, 0) is 6.42 Å². The Morgan fingerprint density at radius 1 is 1.12 bits per heavy atom. The van der Waals surface area contributed by atoms with Crippen molar-refractivity contribution in [1.29, 1.82) is 0 Å². The number of fused-ring (bicyclic) bond motifs is 1. The summed E-state index contributed by atoms with van der Waals surface area (Å²) in [6.45, 7) is 1.98. The highest BCUT2D eigenvalue weighted by Crippen LogP contribution is 2.14. The van der Waals surface area contributed by atoms with Crippen molar-refractivity contribution in [3.05, 3.63) is 64.1 Å². The van der Waals surface area contributed by atoms with Crippen LogP contribution in [0.1, 0.15) is 29.3 Å². The van der Waals surface area contributed by atoms with Crippen molar-refractivity contribution >= 4 is 16.9 Å². The number of hydrogen-bond acceptors (Lipinski definition) is 3. The lowest BCUT2D eigenvalue weighted by atomic mass is 10.1. The van der Waals surface area contributed by atoms with Gasteiger partial charge in [0.1, 0.15) is 5.75 Å². The summed E-state index contributed by atoms with van der Waals surface area (Å²) >= 11 is 0. The first-order chi connectivity index (χ1) is 12.0. The number of methoxy groups -OCH3 is 1. The summed E-state index contributed by atoms with van der Waals surface area (Å²) < 4.78 is 5.15. The van der Waals surface area contributed by atoms with Gasteiger partial charge in [0.2, 0.25) is 0 Å². The lowest BCUT2D eigenvalue weighted by Crippen LogP contribution is -2.32. The fraction of sp³-hybridized carbons (Fsp3) is 0.263. The summed E-state index contributed by atoms with van der Waals surface area (Å²) in [6.07, 6.45) is 1.71. The van der Waals surface area contributed by atoms with Gasteiger partial charge in [0, 0.05) is 11.6 Å². The van der Waals surface area contributed by atoms with Crippen molar-refractivity contribution in [2.24, 2.45) is 0 Å². The molecule has 1 amide bonds. The first kappa shape index (κ1) is 16.8. The van der Waals surface area contributed by atoms with E-state index in [1.807, 2.05) is 31.2 Å². The number of nitrogens with one attached hydrogen (secondary N) is 3. The van der Waals surface area contributed by atoms with E-state index in [0.717, 1.165) is 18.6 Å². The van der Waals surface area contributed by atoms with Crippen molar-refractivity contribution < 1.29 is 9.53 Å². The van der Waals surface area contributed by atoms with Crippen LogP contribution in [0.4, 0.5) is 0 Å². The van der Waals surface area contributed by atoms with Crippen LogP contribution >= 0.6 is 0 Å². The molecular formula is C19H21N3O3. The number of imidazole rings is 1. The Bertz CT molecular complexity index is 925. The van der Waals surface area contributed by atoms with Crippen molar-refractivity contribution in [2.45, 2.75) is 25.8 Å². The Morgan fingerprint density at radius 2 is 1.84 bits per heavy atom. The fourth-order valence-corrected chi connectivity index (χ4v) is 2.73. The number of amides is 1. The van der Waals surface area contributed by atoms with E-state index in [1.54, 1.807) is 25.3 Å². The lowest BCUT2D eigenvalue weighted by Gasteiger charge is -2.14. The molecule has 6 nitrogen and oxygen atoms in total. The molecule has 0 bridgehead atoms. The normalized spacial score (nSPS) is 12.1. The quantitative estimate of drug-likeness (QED) is 0.645. The van der Waals surface area contributed by atoms with Crippen LogP contribution < -0.4 is 15.7 Å². The van der Waals surface area contributed by atoms with Gasteiger partial charge < -0.3 is 20.0 Å². The largest absolute Gasteiger partial charge is 0.497 e. The van der Waals surface area contributed by atoms with E-state index in [4.69, 9.17) is 4.74 Å². The van der Waals surface area contributed by atoms with Gasteiger partial charge in [-0.05, 0) is 55.7 Å². The Kier molecular flexibility index (Phi) is 4.88. The highest BCUT2D eigenvalue weighted by atomic mass is 16.5. The zero-order valence-corrected chi connectivity index (χ0v) is 14.3. The Labute approximate surface area is 145 Å². The maximum atomic E-state index is 12.4. The SMILES string of the molecule is COc1ccc(CC[C@@H](C)NC(=O)c2ccc3[nH]c(=O)[nH]c3c2)cc1. The molecule has 0 aliphatic heterocycles. The second-order valence-corrected chi connectivity index (χ2v) is 6.10. The van der Waals surface area contributed by atoms with Crippen LogP contribution in [0, 0.1) is 0 Å². The molecule has 1 aromatic heterocycles. The molecule has 130 valence electrons. The average Bonchev–Trinajstić information content (AvgIpc) is 2.99. The van der Waals surface area contributed by atoms with E-state index < -0.39 is 0 Å². The van der Waals surface area contributed by atoms with Crippen LogP contribution in [0.2, 0.25) is 0 Å². The molecule has 0 saturated carbocycles. The van der Waals surface area contributed by atoms with Crippen LogP contribution in [0.3, 0.4) is 0 Å². The molecule has 1 heterocycles. The van der Waals surface area contributed by atoms with Crippen molar-refractivity contribution in [1.82, 2.24) is 15.3 Å². The standard InChI is InChI=1S/C19H21N3O3/c1-12(3-4-13-5-8-15(25-2)9-6-13)20-18(23)14-7-10-16-17(11-14)22-19(24)21-16/h5-12H,3-4H2,1-2H3,(H,20,23)(H2,21,22,24)/t12-/m1/s1. The molecule has 0 spiro atoms. The second-order valence-electron chi connectivity index (χ2n) is 6.10. The van der Waals surface area contributed by atoms with Gasteiger partial charge >= 0.3 is 5.69 Å². The highest BCUT2D eigenvalue weighted by Gasteiger charge is 2.11. The first-order valence-electron chi connectivity index (χ1n) is 8.21. The molecule has 25 heavy (non-hydrogen) atoms. The van der Waals surface area contributed by atoms with Crippen molar-refractivity contribution in [3.8, 4) is 5.75 Å². The van der Waals surface area contributed by atoms with Crippen LogP contribution in [0.15, 0.2) is 47.3 Å². The molecule has 0 unspecified atom stereocenters. The highest BCUT2D eigenvalue weighted by molar-refractivity contribution is 5.97. The average molecular weight is 339 g/mol. The number of ether oxygens (including phenoxy) is 1. The summed E-state index contributed by atoms with van der Waals surface area (Å²) in [7, 11) is 1.65. The molecular weight excluding hydrogens is 318 g/mol. The lowest BCUT2D eigenvalue weighted by molar-refractivity contribution is 0.0938. The number of rotatable bonds is 6. The van der Waals surface area contributed by atoms with Gasteiger partial charge in [-0.1, -0.05) is 12.1 Å². The van der Waals surface area contributed by atoms with E-state index in [1.165, 1.54) is 5.56 Å². The third-order valence-electron chi connectivity index (χ3n) is 4.18. The molecule has 3 rings (SSSR count). The first-order valence-corrected chi connectivity index (χ1v) is 8.21. The molecule has 1 atom stereocenters. The topological polar surface area (TPSA) is 87.0 Å². The monoisotopic (exact) mass is 339 g/mol. The summed E-state index contributed by atoms with van der Waals surface area (Å²) in [6, 6.07) is 13.1. The number of aromatic amines is 2. The van der Waals surface area contributed by atoms with Gasteiger partial charge in [0.15, 0.2) is 0 Å². The zero-order chi connectivity index (χ0) is 17.8. The van der Waals surface area contributed by atoms with Crippen LogP contribution in [0.25, 0.3) is 11.0 Å². The minimum Gasteiger partial charge on any atom is -0.497 e. The van der Waals surface area contributed by atoms with E-state index in [-0.39, 0.29) is 17.6 Å². The number of hydrogen-bond donors (Lipinski definition) is 3. The molecule has 6 heteroatoms. The smallest absolute Gasteiger partial charge is 0.323 e. The third-order valence-corrected chi connectivity index (χ3v) is 4.18. The van der Waals surface area contributed by atoms with Gasteiger partial charge in [-0.3, -0.25) is 4.79 Å². The summed E-state index contributed by atoms with van der Waals surface area (Å²) in [5.41, 5.74) is 2.77. The molecule has 0 fully saturated rings. The summed E-state index contributed by atoms with van der Waals surface area (Å²) in [5, 5.41) is 2.99. The molecule has 3 N–H and O–H groups in total. The zero-order valence-electron chi connectivity index (χ0n) is 14.3. The summed E-state index contributed by atoms with van der Waals surface area (Å²) in [5.74, 6) is 0.689. The maximum Gasteiger partial charge on any atom is 0.323 e. The molecule has 2 aromatic carbocycles. The van der Waals surface area contributed by atoms with Crippen molar-refractivity contribution in [3.63, 3.8) is 0 Å². The number of carbonyl (C=O) groups excluding carboxylic acids is 1. The van der Waals surface area contributed by atoms with Crippen LogP contribution in [-0.4, -0.2) is 29.0 Å². The van der Waals surface area contributed by atoms with E-state index >= 15 is 0 Å². The molecule has 0 saturated heterocycles. The second kappa shape index (κ2) is 7.25. The molecule has 3 aromatic rings. The Morgan fingerprint density at radius 3 is 2.56 bits per heavy atom. The number of aryl methyl sites for hydroxylation is 1. The molecule has 0 radical (unpaired) electrons. The van der Waals surface area contributed by atoms with Crippen molar-refractivity contribution in [2.75, 3.05) is 7.11 Å². The molecule has 0 aliphatic rings. The van der Waals surface area contributed by atoms with Gasteiger partial charge in [-0.2, -0.15) is 0 Å². The van der Waals surface area contributed by atoms with Gasteiger partial charge in [0.25, 0.3) is 5.91 Å². The molecule has 0 aliphatic carbocycles. The van der Waals surface area contributed by atoms with Gasteiger partial charge in [-0.15, -0.1) is 0 Å². The predicted molar refractivity (Wildman–Crippen MR) is 97.2 cm³/mol. The Balaban J connectivity index is 1.57. The number of carbonyl (C=O) groups is 1. The predicted octanol–water partition coefficient (Wildman–Crippen LogP) is 2.62. The fourth-order valence-electron chi connectivity index (χ4n) is 2.73.